The fourth-order valence-corrected chi connectivity index (χ4v) is 2.75. The van der Waals surface area contributed by atoms with Crippen molar-refractivity contribution in [1.82, 2.24) is 0 Å². The van der Waals surface area contributed by atoms with Crippen LogP contribution in [0.2, 0.25) is 5.02 Å². The molecule has 0 atom stereocenters. The number of rotatable bonds is 4. The van der Waals surface area contributed by atoms with Crippen LogP contribution in [0.15, 0.2) is 51.4 Å². The zero-order valence-corrected chi connectivity index (χ0v) is 14.4. The second-order valence-corrected chi connectivity index (χ2v) is 6.21. The lowest BCUT2D eigenvalue weighted by molar-refractivity contribution is -0.131. The highest BCUT2D eigenvalue weighted by atomic mass is 79.9. The first kappa shape index (κ1) is 16.1. The smallest absolute Gasteiger partial charge is 0.328 e. The molecule has 0 saturated heterocycles. The van der Waals surface area contributed by atoms with Gasteiger partial charge in [0.25, 0.3) is 0 Å². The Balaban J connectivity index is 2.22. The SMILES string of the molecule is O=C(O)/C=C/c1ccc(Oc2ccc(Br)cc2Cl)cc1Br. The third-order valence-electron chi connectivity index (χ3n) is 2.50. The van der Waals surface area contributed by atoms with E-state index in [4.69, 9.17) is 21.4 Å². The van der Waals surface area contributed by atoms with Crippen LogP contribution < -0.4 is 4.74 Å². The van der Waals surface area contributed by atoms with Gasteiger partial charge in [-0.2, -0.15) is 0 Å². The molecule has 0 amide bonds. The monoisotopic (exact) mass is 430 g/mol. The first-order valence-corrected chi connectivity index (χ1v) is 7.75. The molecular weight excluding hydrogens is 423 g/mol. The highest BCUT2D eigenvalue weighted by molar-refractivity contribution is 9.10. The van der Waals surface area contributed by atoms with Crippen molar-refractivity contribution in [2.45, 2.75) is 0 Å². The molecule has 2 aromatic carbocycles. The number of hydrogen-bond donors (Lipinski definition) is 1. The standard InChI is InChI=1S/C15H9Br2ClO3/c16-10-3-5-14(13(18)7-10)21-11-4-1-9(12(17)8-11)2-6-15(19)20/h1-8H,(H,19,20)/b6-2+. The van der Waals surface area contributed by atoms with Crippen LogP contribution in [0.25, 0.3) is 6.08 Å². The second kappa shape index (κ2) is 7.11. The lowest BCUT2D eigenvalue weighted by Crippen LogP contribution is -1.88. The molecule has 0 aromatic heterocycles. The summed E-state index contributed by atoms with van der Waals surface area (Å²) in [4.78, 5) is 10.5. The van der Waals surface area contributed by atoms with Crippen LogP contribution in [-0.4, -0.2) is 11.1 Å². The average Bonchev–Trinajstić information content (AvgIpc) is 2.41. The van der Waals surface area contributed by atoms with E-state index < -0.39 is 5.97 Å². The highest BCUT2D eigenvalue weighted by Crippen LogP contribution is 2.33. The van der Waals surface area contributed by atoms with E-state index in [1.807, 2.05) is 6.07 Å². The number of carboxylic acids is 1. The molecule has 0 aliphatic rings. The third kappa shape index (κ3) is 4.59. The fraction of sp³-hybridized carbons (Fsp3) is 0. The van der Waals surface area contributed by atoms with Crippen molar-refractivity contribution in [2.24, 2.45) is 0 Å². The topological polar surface area (TPSA) is 46.5 Å². The van der Waals surface area contributed by atoms with Crippen LogP contribution in [0.3, 0.4) is 0 Å². The quantitative estimate of drug-likeness (QED) is 0.626. The average molecular weight is 432 g/mol. The van der Waals surface area contributed by atoms with Gasteiger partial charge in [0.15, 0.2) is 0 Å². The Bertz CT molecular complexity index is 714. The summed E-state index contributed by atoms with van der Waals surface area (Å²) >= 11 is 12.8. The Morgan fingerprint density at radius 1 is 1.19 bits per heavy atom. The van der Waals surface area contributed by atoms with Gasteiger partial charge >= 0.3 is 5.97 Å². The molecule has 0 radical (unpaired) electrons. The number of carbonyl (C=O) groups is 1. The Kier molecular flexibility index (Phi) is 5.45. The molecule has 1 N–H and O–H groups in total. The Labute approximate surface area is 143 Å². The molecule has 0 spiro atoms. The summed E-state index contributed by atoms with van der Waals surface area (Å²) in [5.74, 6) is 0.142. The van der Waals surface area contributed by atoms with E-state index in [1.54, 1.807) is 30.3 Å². The summed E-state index contributed by atoms with van der Waals surface area (Å²) in [5, 5.41) is 9.12. The van der Waals surface area contributed by atoms with Crippen LogP contribution in [-0.2, 0) is 4.79 Å². The number of halogens is 3. The summed E-state index contributed by atoms with van der Waals surface area (Å²) in [6, 6.07) is 10.6. The van der Waals surface area contributed by atoms with Crippen molar-refractivity contribution in [3.63, 3.8) is 0 Å². The van der Waals surface area contributed by atoms with Crippen LogP contribution in [0.5, 0.6) is 11.5 Å². The largest absolute Gasteiger partial charge is 0.478 e. The Morgan fingerprint density at radius 3 is 2.57 bits per heavy atom. The van der Waals surface area contributed by atoms with Crippen LogP contribution >= 0.6 is 43.5 Å². The molecule has 0 fully saturated rings. The highest BCUT2D eigenvalue weighted by Gasteiger charge is 2.06. The molecule has 0 heterocycles. The predicted molar refractivity (Wildman–Crippen MR) is 90.0 cm³/mol. The number of benzene rings is 2. The summed E-state index contributed by atoms with van der Waals surface area (Å²) in [6.45, 7) is 0. The van der Waals surface area contributed by atoms with Crippen molar-refractivity contribution < 1.29 is 14.6 Å². The van der Waals surface area contributed by atoms with Gasteiger partial charge in [0.05, 0.1) is 5.02 Å². The Morgan fingerprint density at radius 2 is 1.95 bits per heavy atom. The first-order valence-electron chi connectivity index (χ1n) is 5.79. The van der Waals surface area contributed by atoms with E-state index in [-0.39, 0.29) is 0 Å². The van der Waals surface area contributed by atoms with E-state index >= 15 is 0 Å². The van der Waals surface area contributed by atoms with Gasteiger partial charge in [-0.25, -0.2) is 4.79 Å². The maximum absolute atomic E-state index is 10.5. The van der Waals surface area contributed by atoms with Crippen LogP contribution in [0.1, 0.15) is 5.56 Å². The molecular formula is C15H9Br2ClO3. The molecule has 0 unspecified atom stereocenters. The molecule has 0 aliphatic heterocycles. The first-order chi connectivity index (χ1) is 9.95. The number of aliphatic carboxylic acids is 1. The summed E-state index contributed by atoms with van der Waals surface area (Å²) in [6.07, 6.45) is 2.58. The molecule has 0 bridgehead atoms. The number of ether oxygens (including phenoxy) is 1. The molecule has 6 heteroatoms. The summed E-state index contributed by atoms with van der Waals surface area (Å²) in [7, 11) is 0. The molecule has 3 nitrogen and oxygen atoms in total. The molecule has 21 heavy (non-hydrogen) atoms. The van der Waals surface area contributed by atoms with Gasteiger partial charge in [-0.15, -0.1) is 0 Å². The maximum atomic E-state index is 10.5. The minimum atomic E-state index is -0.996. The predicted octanol–water partition coefficient (Wildman–Crippen LogP) is 5.76. The van der Waals surface area contributed by atoms with Crippen LogP contribution in [0.4, 0.5) is 0 Å². The van der Waals surface area contributed by atoms with Crippen molar-refractivity contribution in [3.05, 3.63) is 62.0 Å². The van der Waals surface area contributed by atoms with Gasteiger partial charge in [0.2, 0.25) is 0 Å². The molecule has 0 aliphatic carbocycles. The minimum Gasteiger partial charge on any atom is -0.478 e. The summed E-state index contributed by atoms with van der Waals surface area (Å²) < 4.78 is 7.30. The van der Waals surface area contributed by atoms with E-state index in [1.165, 1.54) is 6.08 Å². The van der Waals surface area contributed by atoms with Gasteiger partial charge in [0, 0.05) is 15.0 Å². The zero-order chi connectivity index (χ0) is 15.4. The second-order valence-electron chi connectivity index (χ2n) is 4.03. The maximum Gasteiger partial charge on any atom is 0.328 e. The molecule has 2 aromatic rings. The van der Waals surface area contributed by atoms with Crippen molar-refractivity contribution >= 4 is 55.5 Å². The molecule has 108 valence electrons. The van der Waals surface area contributed by atoms with Crippen molar-refractivity contribution in [1.29, 1.82) is 0 Å². The Hall–Kier alpha value is -1.30. The van der Waals surface area contributed by atoms with Crippen LogP contribution in [0, 0.1) is 0 Å². The van der Waals surface area contributed by atoms with E-state index in [9.17, 15) is 4.79 Å². The summed E-state index contributed by atoms with van der Waals surface area (Å²) in [5.41, 5.74) is 0.742. The third-order valence-corrected chi connectivity index (χ3v) is 3.97. The fourth-order valence-electron chi connectivity index (χ4n) is 1.55. The van der Waals surface area contributed by atoms with Crippen molar-refractivity contribution in [2.75, 3.05) is 0 Å². The number of carboxylic acid groups (broad SMARTS) is 1. The van der Waals surface area contributed by atoms with E-state index in [0.29, 0.717) is 16.5 Å². The minimum absolute atomic E-state index is 0.496. The lowest BCUT2D eigenvalue weighted by atomic mass is 10.2. The van der Waals surface area contributed by atoms with Gasteiger partial charge in [-0.05, 0) is 42.0 Å². The van der Waals surface area contributed by atoms with Crippen molar-refractivity contribution in [3.8, 4) is 11.5 Å². The van der Waals surface area contributed by atoms with E-state index in [2.05, 4.69) is 31.9 Å². The zero-order valence-electron chi connectivity index (χ0n) is 10.5. The number of hydrogen-bond acceptors (Lipinski definition) is 2. The van der Waals surface area contributed by atoms with Gasteiger partial charge in [-0.3, -0.25) is 0 Å². The molecule has 2 rings (SSSR count). The van der Waals surface area contributed by atoms with Gasteiger partial charge < -0.3 is 9.84 Å². The van der Waals surface area contributed by atoms with Gasteiger partial charge in [0.1, 0.15) is 11.5 Å². The van der Waals surface area contributed by atoms with Gasteiger partial charge in [-0.1, -0.05) is 49.5 Å². The van der Waals surface area contributed by atoms with E-state index in [0.717, 1.165) is 20.6 Å². The normalized spacial score (nSPS) is 10.8. The molecule has 0 saturated carbocycles. The lowest BCUT2D eigenvalue weighted by Gasteiger charge is -2.09.